The van der Waals surface area contributed by atoms with E-state index in [1.165, 1.54) is 11.3 Å². The molecule has 0 unspecified atom stereocenters. The number of nitrogens with one attached hydrogen (secondary N) is 1. The van der Waals surface area contributed by atoms with E-state index in [0.717, 1.165) is 30.2 Å². The summed E-state index contributed by atoms with van der Waals surface area (Å²) in [4.78, 5) is 0. The lowest BCUT2D eigenvalue weighted by molar-refractivity contribution is 0.445. The van der Waals surface area contributed by atoms with Crippen LogP contribution >= 0.6 is 23.1 Å². The van der Waals surface area contributed by atoms with E-state index in [0.29, 0.717) is 17.3 Å². The Morgan fingerprint density at radius 2 is 2.11 bits per heavy atom. The minimum atomic E-state index is -3.26. The molecule has 1 aliphatic heterocycles. The van der Waals surface area contributed by atoms with Gasteiger partial charge in [0.15, 0.2) is 0 Å². The van der Waals surface area contributed by atoms with Crippen molar-refractivity contribution in [2.45, 2.75) is 17.7 Å². The average Bonchev–Trinajstić information content (AvgIpc) is 2.87. The van der Waals surface area contributed by atoms with E-state index in [1.807, 2.05) is 24.1 Å². The molecule has 0 radical (unpaired) electrons. The van der Waals surface area contributed by atoms with Gasteiger partial charge in [0, 0.05) is 31.1 Å². The summed E-state index contributed by atoms with van der Waals surface area (Å²) in [7, 11) is -3.26. The van der Waals surface area contributed by atoms with Gasteiger partial charge < -0.3 is 5.32 Å². The van der Waals surface area contributed by atoms with Gasteiger partial charge in [0.1, 0.15) is 4.21 Å². The van der Waals surface area contributed by atoms with Crippen molar-refractivity contribution in [3.8, 4) is 0 Å². The molecule has 4 nitrogen and oxygen atoms in total. The molecule has 1 N–H and O–H groups in total. The number of thiophene rings is 1. The molecule has 0 amide bonds. The molecule has 0 bridgehead atoms. The third-order valence-corrected chi connectivity index (χ3v) is 7.08. The Morgan fingerprint density at radius 3 is 2.78 bits per heavy atom. The predicted octanol–water partition coefficient (Wildman–Crippen LogP) is 1.60. The molecule has 1 aliphatic rings. The number of hydrogen-bond acceptors (Lipinski definition) is 5. The molecule has 102 valence electrons. The van der Waals surface area contributed by atoms with E-state index in [2.05, 4.69) is 5.32 Å². The number of nitrogens with zero attached hydrogens (tertiary/aromatic N) is 1. The normalized spacial score (nSPS) is 18.1. The van der Waals surface area contributed by atoms with Crippen LogP contribution in [0.2, 0.25) is 0 Å². The van der Waals surface area contributed by atoms with E-state index < -0.39 is 10.0 Å². The highest BCUT2D eigenvalue weighted by atomic mass is 32.2. The lowest BCUT2D eigenvalue weighted by Crippen LogP contribution is -2.37. The van der Waals surface area contributed by atoms with Crippen molar-refractivity contribution in [2.75, 3.05) is 31.1 Å². The topological polar surface area (TPSA) is 49.4 Å². The fourth-order valence-corrected chi connectivity index (χ4v) is 5.70. The second-order valence-electron chi connectivity index (χ2n) is 4.07. The van der Waals surface area contributed by atoms with Crippen molar-refractivity contribution in [1.82, 2.24) is 9.62 Å². The van der Waals surface area contributed by atoms with Crippen LogP contribution in [0.4, 0.5) is 0 Å². The molecule has 0 aromatic carbocycles. The summed E-state index contributed by atoms with van der Waals surface area (Å²) in [6.45, 7) is 4.93. The van der Waals surface area contributed by atoms with E-state index in [4.69, 9.17) is 0 Å². The van der Waals surface area contributed by atoms with E-state index in [9.17, 15) is 8.42 Å². The van der Waals surface area contributed by atoms with Crippen molar-refractivity contribution in [3.05, 3.63) is 17.0 Å². The smallest absolute Gasteiger partial charge is 0.252 e. The minimum Gasteiger partial charge on any atom is -0.313 e. The van der Waals surface area contributed by atoms with Crippen molar-refractivity contribution in [1.29, 1.82) is 0 Å². The van der Waals surface area contributed by atoms with Crippen LogP contribution in [0, 0.1) is 0 Å². The molecule has 0 spiro atoms. The Kier molecular flexibility index (Phi) is 5.08. The average molecular weight is 306 g/mol. The predicted molar refractivity (Wildman–Crippen MR) is 77.8 cm³/mol. The first-order valence-corrected chi connectivity index (χ1v) is 9.48. The Bertz CT molecular complexity index is 478. The van der Waals surface area contributed by atoms with Crippen molar-refractivity contribution in [2.24, 2.45) is 0 Å². The molecular weight excluding hydrogens is 288 g/mol. The lowest BCUT2D eigenvalue weighted by Gasteiger charge is -2.24. The van der Waals surface area contributed by atoms with Gasteiger partial charge in [-0.05, 0) is 23.6 Å². The van der Waals surface area contributed by atoms with Gasteiger partial charge in [0.25, 0.3) is 10.0 Å². The summed E-state index contributed by atoms with van der Waals surface area (Å²) in [5, 5.41) is 5.13. The number of sulfonamides is 1. The molecule has 2 heterocycles. The summed E-state index contributed by atoms with van der Waals surface area (Å²) in [6.07, 6.45) is 0. The third-order valence-electron chi connectivity index (χ3n) is 2.77. The van der Waals surface area contributed by atoms with Crippen LogP contribution < -0.4 is 5.32 Å². The molecule has 0 aliphatic carbocycles. The van der Waals surface area contributed by atoms with Crippen molar-refractivity contribution >= 4 is 33.1 Å². The van der Waals surface area contributed by atoms with Crippen LogP contribution in [0.25, 0.3) is 0 Å². The van der Waals surface area contributed by atoms with E-state index in [1.54, 1.807) is 10.4 Å². The zero-order valence-electron chi connectivity index (χ0n) is 10.4. The maximum Gasteiger partial charge on any atom is 0.252 e. The SMILES string of the molecule is CCNCc1csc(S(=O)(=O)N2CCSCC2)c1. The van der Waals surface area contributed by atoms with Crippen LogP contribution in [0.1, 0.15) is 12.5 Å². The summed E-state index contributed by atoms with van der Waals surface area (Å²) in [5.74, 6) is 1.80. The highest BCUT2D eigenvalue weighted by Crippen LogP contribution is 2.25. The largest absolute Gasteiger partial charge is 0.313 e. The Morgan fingerprint density at radius 1 is 1.39 bits per heavy atom. The maximum absolute atomic E-state index is 12.4. The third kappa shape index (κ3) is 3.27. The molecule has 0 atom stereocenters. The molecule has 18 heavy (non-hydrogen) atoms. The van der Waals surface area contributed by atoms with Crippen LogP contribution in [-0.4, -0.2) is 43.9 Å². The molecule has 1 aromatic heterocycles. The standard InChI is InChI=1S/C11H18N2O2S3/c1-2-12-8-10-7-11(17-9-10)18(14,15)13-3-5-16-6-4-13/h7,9,12H,2-6,8H2,1H3. The summed E-state index contributed by atoms with van der Waals surface area (Å²) in [6, 6.07) is 1.80. The zero-order chi connectivity index (χ0) is 13.0. The first-order chi connectivity index (χ1) is 8.64. The van der Waals surface area contributed by atoms with Crippen molar-refractivity contribution in [3.63, 3.8) is 0 Å². The number of hydrogen-bond donors (Lipinski definition) is 1. The summed E-state index contributed by atoms with van der Waals surface area (Å²) in [5.41, 5.74) is 1.05. The molecule has 1 aromatic rings. The van der Waals surface area contributed by atoms with Crippen LogP contribution in [0.15, 0.2) is 15.7 Å². The Hall–Kier alpha value is -0.0800. The first kappa shape index (κ1) is 14.3. The number of rotatable bonds is 5. The first-order valence-electron chi connectivity index (χ1n) is 6.00. The van der Waals surface area contributed by atoms with Gasteiger partial charge in [0.2, 0.25) is 0 Å². The zero-order valence-corrected chi connectivity index (χ0v) is 12.8. The van der Waals surface area contributed by atoms with Crippen molar-refractivity contribution < 1.29 is 8.42 Å². The Balaban J connectivity index is 2.11. The fourth-order valence-electron chi connectivity index (χ4n) is 1.76. The summed E-state index contributed by atoms with van der Waals surface area (Å²) >= 11 is 3.14. The van der Waals surface area contributed by atoms with Crippen LogP contribution in [0.5, 0.6) is 0 Å². The minimum absolute atomic E-state index is 0.474. The monoisotopic (exact) mass is 306 g/mol. The molecule has 1 saturated heterocycles. The fraction of sp³-hybridized carbons (Fsp3) is 0.636. The number of thioether (sulfide) groups is 1. The second kappa shape index (κ2) is 6.38. The molecule has 2 rings (SSSR count). The highest BCUT2D eigenvalue weighted by Gasteiger charge is 2.27. The second-order valence-corrected chi connectivity index (χ2v) is 8.37. The molecule has 7 heteroatoms. The van der Waals surface area contributed by atoms with E-state index >= 15 is 0 Å². The van der Waals surface area contributed by atoms with Gasteiger partial charge in [-0.15, -0.1) is 11.3 Å². The maximum atomic E-state index is 12.4. The van der Waals surface area contributed by atoms with E-state index in [-0.39, 0.29) is 0 Å². The summed E-state index contributed by atoms with van der Waals surface area (Å²) < 4.78 is 26.8. The van der Waals surface area contributed by atoms with Gasteiger partial charge in [0.05, 0.1) is 0 Å². The van der Waals surface area contributed by atoms with Gasteiger partial charge in [-0.1, -0.05) is 6.92 Å². The van der Waals surface area contributed by atoms with Gasteiger partial charge in [-0.2, -0.15) is 16.1 Å². The van der Waals surface area contributed by atoms with Gasteiger partial charge in [-0.25, -0.2) is 8.42 Å². The molecule has 0 saturated carbocycles. The van der Waals surface area contributed by atoms with Gasteiger partial charge >= 0.3 is 0 Å². The van der Waals surface area contributed by atoms with Crippen LogP contribution in [0.3, 0.4) is 0 Å². The Labute approximate surface area is 117 Å². The molecular formula is C11H18N2O2S3. The van der Waals surface area contributed by atoms with Crippen LogP contribution in [-0.2, 0) is 16.6 Å². The lowest BCUT2D eigenvalue weighted by atomic mass is 10.3. The highest BCUT2D eigenvalue weighted by molar-refractivity contribution is 7.99. The van der Waals surface area contributed by atoms with Gasteiger partial charge in [-0.3, -0.25) is 0 Å². The quantitative estimate of drug-likeness (QED) is 0.897. The molecule has 1 fully saturated rings.